The quantitative estimate of drug-likeness (QED) is 0.120. The fourth-order valence-corrected chi connectivity index (χ4v) is 16.6. The van der Waals surface area contributed by atoms with Gasteiger partial charge in [0.25, 0.3) is 0 Å². The van der Waals surface area contributed by atoms with Crippen LogP contribution in [0.5, 0.6) is 0 Å². The standard InChI is InChI=1S/C9H14O3.3C4H9.Sn/c1-2-12-9(11)8(10)6-5-7-3-4-7;3*1-3-4-2;/h6-7,10H,2-5H2,1H3;3*1,3-4H2,2H3;/q;;;;+1/p-1. The van der Waals surface area contributed by atoms with Crippen LogP contribution in [0.15, 0.2) is 11.8 Å². The van der Waals surface area contributed by atoms with Crippen molar-refractivity contribution >= 4 is 24.8 Å². The summed E-state index contributed by atoms with van der Waals surface area (Å²) >= 11 is -2.82. The molecule has 1 fully saturated rings. The zero-order chi connectivity index (χ0) is 18.5. The summed E-state index contributed by atoms with van der Waals surface area (Å²) in [5.41, 5.74) is 0. The fourth-order valence-electron chi connectivity index (χ4n) is 3.25. The second-order valence-corrected chi connectivity index (χ2v) is 19.2. The van der Waals surface area contributed by atoms with Gasteiger partial charge in [-0.3, -0.25) is 0 Å². The summed E-state index contributed by atoms with van der Waals surface area (Å²) < 4.78 is 15.8. The molecule has 0 spiro atoms. The summed E-state index contributed by atoms with van der Waals surface area (Å²) in [6.45, 7) is 9.06. The molecule has 1 aliphatic carbocycles. The van der Waals surface area contributed by atoms with Crippen LogP contribution in [-0.2, 0) is 12.6 Å². The number of allylic oxidation sites excluding steroid dienone is 1. The first-order chi connectivity index (χ1) is 12.1. The maximum absolute atomic E-state index is 12.5. The molecule has 0 amide bonds. The normalized spacial score (nSPS) is 15.3. The van der Waals surface area contributed by atoms with Crippen LogP contribution in [0, 0.1) is 5.92 Å². The number of carbonyl (C=O) groups is 1. The molecule has 0 aromatic rings. The number of esters is 1. The van der Waals surface area contributed by atoms with Gasteiger partial charge < -0.3 is 0 Å². The number of rotatable bonds is 15. The van der Waals surface area contributed by atoms with E-state index in [4.69, 9.17) is 7.81 Å². The maximum atomic E-state index is 12.5. The molecular formula is C21H40O3Sn. The Bertz CT molecular complexity index is 380. The second kappa shape index (κ2) is 13.0. The molecule has 0 aromatic carbocycles. The van der Waals surface area contributed by atoms with E-state index >= 15 is 0 Å². The van der Waals surface area contributed by atoms with Gasteiger partial charge >= 0.3 is 161 Å². The molecule has 1 rings (SSSR count). The van der Waals surface area contributed by atoms with Crippen molar-refractivity contribution in [2.24, 2.45) is 5.92 Å². The van der Waals surface area contributed by atoms with Crippen molar-refractivity contribution in [3.63, 3.8) is 0 Å². The molecule has 4 heteroatoms. The van der Waals surface area contributed by atoms with Gasteiger partial charge in [0, 0.05) is 0 Å². The molecule has 1 aliphatic rings. The molecule has 0 bridgehead atoms. The molecule has 0 aliphatic heterocycles. The van der Waals surface area contributed by atoms with Gasteiger partial charge in [0.15, 0.2) is 0 Å². The number of ether oxygens (including phenoxy) is 1. The molecule has 1 saturated carbocycles. The van der Waals surface area contributed by atoms with Gasteiger partial charge in [-0.05, 0) is 0 Å². The minimum atomic E-state index is -2.82. The van der Waals surface area contributed by atoms with Crippen molar-refractivity contribution in [1.29, 1.82) is 0 Å². The summed E-state index contributed by atoms with van der Waals surface area (Å²) in [5, 5.41) is 0. The van der Waals surface area contributed by atoms with Crippen LogP contribution < -0.4 is 0 Å². The molecule has 25 heavy (non-hydrogen) atoms. The summed E-state index contributed by atoms with van der Waals surface area (Å²) in [4.78, 5) is 12.5. The van der Waals surface area contributed by atoms with Crippen LogP contribution >= 0.6 is 0 Å². The van der Waals surface area contributed by atoms with Crippen LogP contribution in [0.1, 0.15) is 85.5 Å². The van der Waals surface area contributed by atoms with E-state index in [0.29, 0.717) is 12.4 Å². The Morgan fingerprint density at radius 2 is 1.48 bits per heavy atom. The Morgan fingerprint density at radius 1 is 0.960 bits per heavy atom. The third-order valence-electron chi connectivity index (χ3n) is 5.09. The molecule has 0 saturated heterocycles. The summed E-state index contributed by atoms with van der Waals surface area (Å²) in [6, 6.07) is 0. The monoisotopic (exact) mass is 460 g/mol. The molecule has 0 N–H and O–H groups in total. The predicted molar refractivity (Wildman–Crippen MR) is 108 cm³/mol. The van der Waals surface area contributed by atoms with Crippen LogP contribution in [0.3, 0.4) is 0 Å². The predicted octanol–water partition coefficient (Wildman–Crippen LogP) is 6.60. The van der Waals surface area contributed by atoms with Crippen LogP contribution in [0.2, 0.25) is 13.3 Å². The van der Waals surface area contributed by atoms with Gasteiger partial charge in [0.05, 0.1) is 0 Å². The summed E-state index contributed by atoms with van der Waals surface area (Å²) in [7, 11) is 0. The van der Waals surface area contributed by atoms with E-state index < -0.39 is 18.8 Å². The van der Waals surface area contributed by atoms with E-state index in [9.17, 15) is 4.79 Å². The third-order valence-corrected chi connectivity index (χ3v) is 17.8. The molecule has 146 valence electrons. The molecule has 3 nitrogen and oxygen atoms in total. The molecule has 0 unspecified atom stereocenters. The number of unbranched alkanes of at least 4 members (excludes halogenated alkanes) is 3. The molecule has 0 aromatic heterocycles. The zero-order valence-corrected chi connectivity index (χ0v) is 19.9. The SMILES string of the molecule is CCC[CH2][Sn]([CH2]CCC)([CH2]CCC)[O]C(=CCC1CC1)C(=O)OCC. The average molecular weight is 459 g/mol. The fraction of sp³-hybridized carbons (Fsp3) is 0.857. The van der Waals surface area contributed by atoms with Gasteiger partial charge in [-0.25, -0.2) is 0 Å². The molecular weight excluding hydrogens is 419 g/mol. The Balaban J connectivity index is 2.94. The Morgan fingerprint density at radius 3 is 1.88 bits per heavy atom. The summed E-state index contributed by atoms with van der Waals surface area (Å²) in [5.74, 6) is 1.10. The van der Waals surface area contributed by atoms with E-state index in [0.717, 1.165) is 12.3 Å². The van der Waals surface area contributed by atoms with E-state index in [1.165, 1.54) is 64.7 Å². The Kier molecular flexibility index (Phi) is 11.9. The second-order valence-electron chi connectivity index (χ2n) is 7.56. The van der Waals surface area contributed by atoms with Crippen molar-refractivity contribution in [3.8, 4) is 0 Å². The Labute approximate surface area is 160 Å². The third kappa shape index (κ3) is 9.35. The van der Waals surface area contributed by atoms with Crippen LogP contribution in [0.25, 0.3) is 0 Å². The first-order valence-electron chi connectivity index (χ1n) is 10.7. The molecule has 0 radical (unpaired) electrons. The van der Waals surface area contributed by atoms with Crippen molar-refractivity contribution in [2.45, 2.75) is 98.8 Å². The topological polar surface area (TPSA) is 35.5 Å². The number of carbonyl (C=O) groups excluding carboxylic acids is 1. The van der Waals surface area contributed by atoms with Gasteiger partial charge in [-0.15, -0.1) is 0 Å². The first-order valence-corrected chi connectivity index (χ1v) is 17.9. The number of hydrogen-bond acceptors (Lipinski definition) is 3. The van der Waals surface area contributed by atoms with E-state index in [-0.39, 0.29) is 5.97 Å². The Hall–Kier alpha value is -0.191. The van der Waals surface area contributed by atoms with Crippen molar-refractivity contribution in [1.82, 2.24) is 0 Å². The van der Waals surface area contributed by atoms with Crippen LogP contribution in [-0.4, -0.2) is 31.4 Å². The summed E-state index contributed by atoms with van der Waals surface area (Å²) in [6.07, 6.45) is 13.0. The minimum absolute atomic E-state index is 0.228. The van der Waals surface area contributed by atoms with E-state index in [1.54, 1.807) is 0 Å². The van der Waals surface area contributed by atoms with E-state index in [2.05, 4.69) is 26.8 Å². The molecule has 0 heterocycles. The number of hydrogen-bond donors (Lipinski definition) is 0. The zero-order valence-electron chi connectivity index (χ0n) is 17.1. The molecule has 0 atom stereocenters. The van der Waals surface area contributed by atoms with Gasteiger partial charge in [-0.1, -0.05) is 0 Å². The van der Waals surface area contributed by atoms with Gasteiger partial charge in [0.2, 0.25) is 0 Å². The van der Waals surface area contributed by atoms with Crippen molar-refractivity contribution in [3.05, 3.63) is 11.8 Å². The average Bonchev–Trinajstić information content (AvgIpc) is 3.44. The van der Waals surface area contributed by atoms with Crippen molar-refractivity contribution < 1.29 is 12.6 Å². The van der Waals surface area contributed by atoms with E-state index in [1.807, 2.05) is 6.92 Å². The van der Waals surface area contributed by atoms with Gasteiger partial charge in [0.1, 0.15) is 0 Å². The van der Waals surface area contributed by atoms with Crippen LogP contribution in [0.4, 0.5) is 0 Å². The van der Waals surface area contributed by atoms with Crippen molar-refractivity contribution in [2.75, 3.05) is 6.61 Å². The van der Waals surface area contributed by atoms with Gasteiger partial charge in [-0.2, -0.15) is 0 Å². The first kappa shape index (κ1) is 22.8.